The normalized spacial score (nSPS) is 10.3. The molecule has 0 aliphatic carbocycles. The fourth-order valence-corrected chi connectivity index (χ4v) is 2.18. The third-order valence-electron chi connectivity index (χ3n) is 3.45. The fraction of sp³-hybridized carbons (Fsp3) is 0.211. The predicted octanol–water partition coefficient (Wildman–Crippen LogP) is 2.19. The summed E-state index contributed by atoms with van der Waals surface area (Å²) in [7, 11) is 3.05. The van der Waals surface area contributed by atoms with Crippen LogP contribution in [0, 0.1) is 0 Å². The lowest BCUT2D eigenvalue weighted by Crippen LogP contribution is -2.32. The molecule has 0 radical (unpaired) electrons. The van der Waals surface area contributed by atoms with Gasteiger partial charge in [-0.05, 0) is 37.3 Å². The maximum absolute atomic E-state index is 12.0. The largest absolute Gasteiger partial charge is 0.497 e. The molecule has 0 saturated heterocycles. The molecule has 0 bridgehead atoms. The number of nitrogens with zero attached hydrogens (tertiary/aromatic N) is 1. The van der Waals surface area contributed by atoms with E-state index >= 15 is 0 Å². The summed E-state index contributed by atoms with van der Waals surface area (Å²) in [5.74, 6) is -0.153. The zero-order valence-electron chi connectivity index (χ0n) is 15.3. The molecule has 27 heavy (non-hydrogen) atoms. The summed E-state index contributed by atoms with van der Waals surface area (Å²) >= 11 is 0. The van der Waals surface area contributed by atoms with Crippen LogP contribution in [-0.2, 0) is 9.59 Å². The van der Waals surface area contributed by atoms with Crippen LogP contribution in [0.4, 0.5) is 5.69 Å². The van der Waals surface area contributed by atoms with Gasteiger partial charge in [0, 0.05) is 5.56 Å². The molecule has 0 aliphatic heterocycles. The first-order chi connectivity index (χ1) is 13.1. The molecule has 0 aromatic heterocycles. The second-order valence-electron chi connectivity index (χ2n) is 5.19. The number of nitrogens with one attached hydrogen (secondary N) is 2. The number of amides is 2. The van der Waals surface area contributed by atoms with Gasteiger partial charge in [0.25, 0.3) is 0 Å². The third-order valence-corrected chi connectivity index (χ3v) is 3.45. The van der Waals surface area contributed by atoms with E-state index in [-0.39, 0.29) is 0 Å². The van der Waals surface area contributed by atoms with Crippen LogP contribution in [-0.4, -0.2) is 38.9 Å². The van der Waals surface area contributed by atoms with Crippen molar-refractivity contribution in [3.63, 3.8) is 0 Å². The Morgan fingerprint density at radius 3 is 2.52 bits per heavy atom. The lowest BCUT2D eigenvalue weighted by atomic mass is 10.2. The van der Waals surface area contributed by atoms with Crippen molar-refractivity contribution in [3.05, 3.63) is 48.0 Å². The summed E-state index contributed by atoms with van der Waals surface area (Å²) in [5, 5.41) is 6.28. The van der Waals surface area contributed by atoms with Gasteiger partial charge in [0.15, 0.2) is 0 Å². The molecule has 8 heteroatoms. The molecule has 0 atom stereocenters. The van der Waals surface area contributed by atoms with Gasteiger partial charge >= 0.3 is 11.8 Å². The Hall–Kier alpha value is -3.55. The molecule has 0 heterocycles. The molecule has 2 N–H and O–H groups in total. The van der Waals surface area contributed by atoms with Gasteiger partial charge in [0.2, 0.25) is 0 Å². The molecular formula is C19H21N3O5. The molecular weight excluding hydrogens is 350 g/mol. The van der Waals surface area contributed by atoms with Crippen molar-refractivity contribution in [2.75, 3.05) is 26.1 Å². The van der Waals surface area contributed by atoms with E-state index in [4.69, 9.17) is 14.2 Å². The maximum atomic E-state index is 12.0. The summed E-state index contributed by atoms with van der Waals surface area (Å²) in [6.07, 6.45) is 1.36. The number of anilines is 1. The molecule has 0 aliphatic rings. The molecule has 0 saturated carbocycles. The summed E-state index contributed by atoms with van der Waals surface area (Å²) in [4.78, 5) is 24.0. The smallest absolute Gasteiger partial charge is 0.329 e. The maximum Gasteiger partial charge on any atom is 0.329 e. The quantitative estimate of drug-likeness (QED) is 0.442. The number of carbonyl (C=O) groups excluding carboxylic acids is 2. The summed E-state index contributed by atoms with van der Waals surface area (Å²) < 4.78 is 15.8. The van der Waals surface area contributed by atoms with Crippen LogP contribution in [0.5, 0.6) is 17.2 Å². The number of carbonyl (C=O) groups is 2. The van der Waals surface area contributed by atoms with Crippen LogP contribution in [0.2, 0.25) is 0 Å². The molecule has 0 unspecified atom stereocenters. The minimum absolute atomic E-state index is 0.401. The Labute approximate surface area is 157 Å². The van der Waals surface area contributed by atoms with Crippen LogP contribution >= 0.6 is 0 Å². The van der Waals surface area contributed by atoms with Crippen molar-refractivity contribution in [3.8, 4) is 17.2 Å². The standard InChI is InChI=1S/C19H21N3O5/c1-4-27-17-8-6-5-7-15(17)21-18(23)19(24)22-20-12-13-11-14(25-2)9-10-16(13)26-3/h5-12H,4H2,1-3H3,(H,21,23)(H,22,24)/b20-12-. The topological polar surface area (TPSA) is 98.2 Å². The molecule has 2 rings (SSSR count). The molecule has 2 amide bonds. The number of methoxy groups -OCH3 is 2. The highest BCUT2D eigenvalue weighted by molar-refractivity contribution is 6.39. The van der Waals surface area contributed by atoms with Crippen molar-refractivity contribution in [2.24, 2.45) is 5.10 Å². The number of para-hydroxylation sites is 2. The highest BCUT2D eigenvalue weighted by Gasteiger charge is 2.15. The van der Waals surface area contributed by atoms with E-state index in [9.17, 15) is 9.59 Å². The van der Waals surface area contributed by atoms with Gasteiger partial charge in [-0.25, -0.2) is 5.43 Å². The number of benzene rings is 2. The van der Waals surface area contributed by atoms with E-state index in [2.05, 4.69) is 15.8 Å². The molecule has 2 aromatic carbocycles. The highest BCUT2D eigenvalue weighted by atomic mass is 16.5. The van der Waals surface area contributed by atoms with Crippen molar-refractivity contribution in [1.82, 2.24) is 5.43 Å². The van der Waals surface area contributed by atoms with Gasteiger partial charge in [0.1, 0.15) is 17.2 Å². The van der Waals surface area contributed by atoms with Gasteiger partial charge in [-0.15, -0.1) is 0 Å². The van der Waals surface area contributed by atoms with Gasteiger partial charge in [0.05, 0.1) is 32.7 Å². The molecule has 142 valence electrons. The van der Waals surface area contributed by atoms with E-state index in [1.807, 2.05) is 6.92 Å². The Balaban J connectivity index is 2.01. The van der Waals surface area contributed by atoms with Crippen molar-refractivity contribution < 1.29 is 23.8 Å². The van der Waals surface area contributed by atoms with Gasteiger partial charge in [-0.3, -0.25) is 9.59 Å². The van der Waals surface area contributed by atoms with Crippen molar-refractivity contribution in [2.45, 2.75) is 6.92 Å². The van der Waals surface area contributed by atoms with Gasteiger partial charge in [-0.2, -0.15) is 5.10 Å². The first-order valence-corrected chi connectivity index (χ1v) is 8.17. The molecule has 8 nitrogen and oxygen atoms in total. The van der Waals surface area contributed by atoms with Crippen LogP contribution in [0.1, 0.15) is 12.5 Å². The first kappa shape index (κ1) is 19.8. The summed E-state index contributed by atoms with van der Waals surface area (Å²) in [6, 6.07) is 12.0. The van der Waals surface area contributed by atoms with Crippen LogP contribution in [0.15, 0.2) is 47.6 Å². The second kappa shape index (κ2) is 9.81. The number of hydrogen-bond donors (Lipinski definition) is 2. The SMILES string of the molecule is CCOc1ccccc1NC(=O)C(=O)N/N=C\c1cc(OC)ccc1OC. The lowest BCUT2D eigenvalue weighted by molar-refractivity contribution is -0.136. The van der Waals surface area contributed by atoms with Gasteiger partial charge in [-0.1, -0.05) is 12.1 Å². The van der Waals surface area contributed by atoms with E-state index in [1.165, 1.54) is 20.4 Å². The Kier molecular flexibility index (Phi) is 7.18. The minimum Gasteiger partial charge on any atom is -0.497 e. The van der Waals surface area contributed by atoms with E-state index < -0.39 is 11.8 Å². The zero-order chi connectivity index (χ0) is 19.6. The summed E-state index contributed by atoms with van der Waals surface area (Å²) in [5.41, 5.74) is 3.16. The van der Waals surface area contributed by atoms with E-state index in [0.717, 1.165) is 0 Å². The van der Waals surface area contributed by atoms with E-state index in [1.54, 1.807) is 42.5 Å². The van der Waals surface area contributed by atoms with Gasteiger partial charge < -0.3 is 19.5 Å². The lowest BCUT2D eigenvalue weighted by Gasteiger charge is -2.10. The third kappa shape index (κ3) is 5.46. The minimum atomic E-state index is -0.917. The van der Waals surface area contributed by atoms with Crippen molar-refractivity contribution in [1.29, 1.82) is 0 Å². The average Bonchev–Trinajstić information content (AvgIpc) is 2.69. The van der Waals surface area contributed by atoms with Crippen LogP contribution < -0.4 is 25.0 Å². The predicted molar refractivity (Wildman–Crippen MR) is 102 cm³/mol. The molecule has 0 spiro atoms. The monoisotopic (exact) mass is 371 g/mol. The number of hydrazone groups is 1. The highest BCUT2D eigenvalue weighted by Crippen LogP contribution is 2.23. The van der Waals surface area contributed by atoms with Crippen LogP contribution in [0.25, 0.3) is 0 Å². The zero-order valence-corrected chi connectivity index (χ0v) is 15.3. The van der Waals surface area contributed by atoms with Crippen molar-refractivity contribution >= 4 is 23.7 Å². The Morgan fingerprint density at radius 1 is 1.04 bits per heavy atom. The number of ether oxygens (including phenoxy) is 3. The number of rotatable bonds is 7. The first-order valence-electron chi connectivity index (χ1n) is 8.17. The molecule has 2 aromatic rings. The van der Waals surface area contributed by atoms with E-state index in [0.29, 0.717) is 35.1 Å². The number of hydrogen-bond acceptors (Lipinski definition) is 6. The fourth-order valence-electron chi connectivity index (χ4n) is 2.18. The average molecular weight is 371 g/mol. The summed E-state index contributed by atoms with van der Waals surface area (Å²) in [6.45, 7) is 2.26. The molecule has 0 fully saturated rings. The van der Waals surface area contributed by atoms with Crippen LogP contribution in [0.3, 0.4) is 0 Å². The second-order valence-corrected chi connectivity index (χ2v) is 5.19. The Bertz CT molecular complexity index is 836. The Morgan fingerprint density at radius 2 is 1.81 bits per heavy atom.